The molecule has 1 N–H and O–H groups in total. The average Bonchev–Trinajstić information content (AvgIpc) is 2.43. The van der Waals surface area contributed by atoms with Gasteiger partial charge in [-0.3, -0.25) is 0 Å². The molecule has 0 saturated heterocycles. The van der Waals surface area contributed by atoms with Crippen molar-refractivity contribution in [3.05, 3.63) is 68.7 Å². The minimum Gasteiger partial charge on any atom is -0.396 e. The summed E-state index contributed by atoms with van der Waals surface area (Å²) in [5.41, 5.74) is 2.13. The average molecular weight is 330 g/mol. The molecule has 0 radical (unpaired) electrons. The van der Waals surface area contributed by atoms with Gasteiger partial charge in [-0.2, -0.15) is 0 Å². The van der Waals surface area contributed by atoms with Crippen molar-refractivity contribution in [1.82, 2.24) is 0 Å². The van der Waals surface area contributed by atoms with E-state index in [1.54, 1.807) is 12.1 Å². The number of aryl methyl sites for hydroxylation is 1. The molecule has 20 heavy (non-hydrogen) atoms. The van der Waals surface area contributed by atoms with Crippen LogP contribution in [0.2, 0.25) is 15.1 Å². The van der Waals surface area contributed by atoms with Gasteiger partial charge in [0.25, 0.3) is 0 Å². The Hall–Kier alpha value is -0.730. The second kappa shape index (κ2) is 7.33. The summed E-state index contributed by atoms with van der Waals surface area (Å²) in [6, 6.07) is 13.1. The molecule has 2 rings (SSSR count). The van der Waals surface area contributed by atoms with Crippen molar-refractivity contribution in [1.29, 1.82) is 0 Å². The third kappa shape index (κ3) is 4.13. The van der Waals surface area contributed by atoms with Crippen LogP contribution in [0.25, 0.3) is 0 Å². The Bertz CT molecular complexity index is 566. The van der Waals surface area contributed by atoms with Gasteiger partial charge < -0.3 is 5.11 Å². The first-order valence-electron chi connectivity index (χ1n) is 6.40. The lowest BCUT2D eigenvalue weighted by Gasteiger charge is -2.16. The van der Waals surface area contributed by atoms with E-state index in [9.17, 15) is 5.11 Å². The minimum absolute atomic E-state index is 0.00967. The fourth-order valence-electron chi connectivity index (χ4n) is 2.17. The highest BCUT2D eigenvalue weighted by atomic mass is 35.5. The van der Waals surface area contributed by atoms with E-state index in [1.165, 1.54) is 5.56 Å². The maximum atomic E-state index is 9.58. The van der Waals surface area contributed by atoms with Gasteiger partial charge in [-0.15, -0.1) is 0 Å². The van der Waals surface area contributed by atoms with E-state index < -0.39 is 0 Å². The summed E-state index contributed by atoms with van der Waals surface area (Å²) in [6.45, 7) is 0.0644. The Balaban J connectivity index is 2.07. The highest BCUT2D eigenvalue weighted by Gasteiger charge is 2.14. The number of hydrogen-bond donors (Lipinski definition) is 1. The molecule has 0 unspecified atom stereocenters. The lowest BCUT2D eigenvalue weighted by molar-refractivity contribution is 0.259. The number of aliphatic hydroxyl groups excluding tert-OH is 1. The van der Waals surface area contributed by atoms with Gasteiger partial charge in [-0.25, -0.2) is 0 Å². The van der Waals surface area contributed by atoms with Crippen molar-refractivity contribution in [2.24, 2.45) is 0 Å². The number of benzene rings is 2. The Morgan fingerprint density at radius 1 is 0.900 bits per heavy atom. The van der Waals surface area contributed by atoms with E-state index in [2.05, 4.69) is 0 Å². The molecule has 1 nitrogen and oxygen atoms in total. The zero-order valence-electron chi connectivity index (χ0n) is 10.8. The molecule has 0 aliphatic rings. The van der Waals surface area contributed by atoms with Crippen LogP contribution in [-0.2, 0) is 6.42 Å². The van der Waals surface area contributed by atoms with E-state index in [0.29, 0.717) is 10.0 Å². The third-order valence-electron chi connectivity index (χ3n) is 3.32. The van der Waals surface area contributed by atoms with Crippen molar-refractivity contribution in [3.63, 3.8) is 0 Å². The van der Waals surface area contributed by atoms with Gasteiger partial charge in [0.2, 0.25) is 0 Å². The zero-order chi connectivity index (χ0) is 14.5. The molecule has 0 aliphatic heterocycles. The SMILES string of the molecule is OC[C@@H](CCc1ccc(Cl)cc1)c1ccc(Cl)cc1Cl. The van der Waals surface area contributed by atoms with Gasteiger partial charge in [-0.05, 0) is 48.2 Å². The van der Waals surface area contributed by atoms with Gasteiger partial charge in [0.1, 0.15) is 0 Å². The molecule has 0 bridgehead atoms. The lowest BCUT2D eigenvalue weighted by atomic mass is 9.93. The normalized spacial score (nSPS) is 12.4. The molecular formula is C16H15Cl3O. The molecule has 2 aromatic rings. The molecule has 1 atom stereocenters. The molecular weight excluding hydrogens is 315 g/mol. The summed E-state index contributed by atoms with van der Waals surface area (Å²) in [7, 11) is 0. The van der Waals surface area contributed by atoms with Gasteiger partial charge in [0.05, 0.1) is 0 Å². The van der Waals surface area contributed by atoms with Crippen LogP contribution in [0.4, 0.5) is 0 Å². The maximum Gasteiger partial charge on any atom is 0.0500 e. The van der Waals surface area contributed by atoms with E-state index in [4.69, 9.17) is 34.8 Å². The van der Waals surface area contributed by atoms with Crippen LogP contribution >= 0.6 is 34.8 Å². The van der Waals surface area contributed by atoms with Gasteiger partial charge in [-0.1, -0.05) is 53.0 Å². The monoisotopic (exact) mass is 328 g/mol. The van der Waals surface area contributed by atoms with E-state index in [0.717, 1.165) is 23.4 Å². The molecule has 0 amide bonds. The van der Waals surface area contributed by atoms with Crippen molar-refractivity contribution >= 4 is 34.8 Å². The molecule has 2 aromatic carbocycles. The highest BCUT2D eigenvalue weighted by Crippen LogP contribution is 2.30. The standard InChI is InChI=1S/C16H15Cl3O/c17-13-5-2-11(3-6-13)1-4-12(10-20)15-8-7-14(18)9-16(15)19/h2-3,5-9,12,20H,1,4,10H2/t12-/m1/s1. The number of hydrogen-bond acceptors (Lipinski definition) is 1. The quantitative estimate of drug-likeness (QED) is 0.783. The minimum atomic E-state index is 0.00967. The Morgan fingerprint density at radius 2 is 1.55 bits per heavy atom. The second-order valence-corrected chi connectivity index (χ2v) is 5.99. The summed E-state index contributed by atoms with van der Waals surface area (Å²) in [4.78, 5) is 0. The third-order valence-corrected chi connectivity index (χ3v) is 4.13. The zero-order valence-corrected chi connectivity index (χ0v) is 13.1. The summed E-state index contributed by atoms with van der Waals surface area (Å²) in [6.07, 6.45) is 1.68. The largest absolute Gasteiger partial charge is 0.396 e. The summed E-state index contributed by atoms with van der Waals surface area (Å²) >= 11 is 17.9. The first kappa shape index (κ1) is 15.7. The molecule has 0 heterocycles. The van der Waals surface area contributed by atoms with Gasteiger partial charge in [0.15, 0.2) is 0 Å². The number of aliphatic hydroxyl groups is 1. The van der Waals surface area contributed by atoms with Crippen LogP contribution in [0.5, 0.6) is 0 Å². The van der Waals surface area contributed by atoms with Crippen molar-refractivity contribution in [2.45, 2.75) is 18.8 Å². The first-order chi connectivity index (χ1) is 9.60. The molecule has 0 aromatic heterocycles. The van der Waals surface area contributed by atoms with Crippen LogP contribution in [0, 0.1) is 0 Å². The number of rotatable bonds is 5. The summed E-state index contributed by atoms with van der Waals surface area (Å²) < 4.78 is 0. The predicted molar refractivity (Wildman–Crippen MR) is 86.1 cm³/mol. The van der Waals surface area contributed by atoms with E-state index >= 15 is 0 Å². The van der Waals surface area contributed by atoms with Crippen LogP contribution < -0.4 is 0 Å². The van der Waals surface area contributed by atoms with Gasteiger partial charge >= 0.3 is 0 Å². The smallest absolute Gasteiger partial charge is 0.0500 e. The van der Waals surface area contributed by atoms with Crippen molar-refractivity contribution in [2.75, 3.05) is 6.61 Å². The molecule has 4 heteroatoms. The lowest BCUT2D eigenvalue weighted by Crippen LogP contribution is -2.06. The number of halogens is 3. The second-order valence-electron chi connectivity index (χ2n) is 4.71. The fourth-order valence-corrected chi connectivity index (χ4v) is 2.86. The van der Waals surface area contributed by atoms with Gasteiger partial charge in [0, 0.05) is 27.6 Å². The molecule has 0 spiro atoms. The fraction of sp³-hybridized carbons (Fsp3) is 0.250. The Morgan fingerprint density at radius 3 is 2.15 bits per heavy atom. The Kier molecular flexibility index (Phi) is 5.74. The molecule has 0 saturated carbocycles. The van der Waals surface area contributed by atoms with E-state index in [-0.39, 0.29) is 12.5 Å². The molecule has 106 valence electrons. The Labute approximate surface area is 134 Å². The van der Waals surface area contributed by atoms with Crippen LogP contribution in [0.1, 0.15) is 23.5 Å². The van der Waals surface area contributed by atoms with Crippen LogP contribution in [-0.4, -0.2) is 11.7 Å². The van der Waals surface area contributed by atoms with E-state index in [1.807, 2.05) is 30.3 Å². The van der Waals surface area contributed by atoms with Crippen molar-refractivity contribution in [3.8, 4) is 0 Å². The topological polar surface area (TPSA) is 20.2 Å². The molecule has 0 aliphatic carbocycles. The maximum absolute atomic E-state index is 9.58. The van der Waals surface area contributed by atoms with Crippen molar-refractivity contribution < 1.29 is 5.11 Å². The predicted octanol–water partition coefficient (Wildman–Crippen LogP) is 5.36. The first-order valence-corrected chi connectivity index (χ1v) is 7.54. The summed E-state index contributed by atoms with van der Waals surface area (Å²) in [5, 5.41) is 11.5. The molecule has 0 fully saturated rings. The highest BCUT2D eigenvalue weighted by molar-refractivity contribution is 6.35. The summed E-state index contributed by atoms with van der Waals surface area (Å²) in [5.74, 6) is 0.00967. The van der Waals surface area contributed by atoms with Crippen LogP contribution in [0.3, 0.4) is 0 Å². The van der Waals surface area contributed by atoms with Crippen LogP contribution in [0.15, 0.2) is 42.5 Å².